The molecule has 144 valence electrons. The van der Waals surface area contributed by atoms with Crippen molar-refractivity contribution in [2.45, 2.75) is 26.2 Å². The summed E-state index contributed by atoms with van der Waals surface area (Å²) in [6, 6.07) is 13.8. The third-order valence-corrected chi connectivity index (χ3v) is 4.93. The lowest BCUT2D eigenvalue weighted by Gasteiger charge is -2.29. The highest BCUT2D eigenvalue weighted by Crippen LogP contribution is 2.40. The molecular formula is C22H21NO5. The first-order valence-corrected chi connectivity index (χ1v) is 9.13. The van der Waals surface area contributed by atoms with Crippen LogP contribution in [0.1, 0.15) is 36.0 Å². The highest BCUT2D eigenvalue weighted by atomic mass is 16.6. The Balaban J connectivity index is 2.02. The topological polar surface area (TPSA) is 86.5 Å². The molecule has 6 nitrogen and oxygen atoms in total. The van der Waals surface area contributed by atoms with Gasteiger partial charge in [-0.1, -0.05) is 42.0 Å². The lowest BCUT2D eigenvalue weighted by molar-refractivity contribution is -0.384. The molecule has 0 saturated heterocycles. The predicted molar refractivity (Wildman–Crippen MR) is 105 cm³/mol. The van der Waals surface area contributed by atoms with Gasteiger partial charge in [-0.25, -0.2) is 0 Å². The van der Waals surface area contributed by atoms with Crippen LogP contribution in [0.2, 0.25) is 0 Å². The molecule has 2 atom stereocenters. The fraction of sp³-hybridized carbons (Fsp3) is 0.273. The first-order chi connectivity index (χ1) is 13.4. The van der Waals surface area contributed by atoms with Gasteiger partial charge in [0.05, 0.1) is 11.5 Å². The molecular weight excluding hydrogens is 358 g/mol. The maximum Gasteiger partial charge on any atom is 0.317 e. The van der Waals surface area contributed by atoms with Crippen LogP contribution in [-0.2, 0) is 14.3 Å². The van der Waals surface area contributed by atoms with E-state index in [0.29, 0.717) is 12.0 Å². The van der Waals surface area contributed by atoms with Gasteiger partial charge in [-0.3, -0.25) is 19.7 Å². The number of aryl methyl sites for hydroxylation is 1. The number of nitrogens with zero attached hydrogens (tertiary/aromatic N) is 1. The third kappa shape index (κ3) is 4.01. The summed E-state index contributed by atoms with van der Waals surface area (Å²) in [6.07, 6.45) is 1.99. The minimum absolute atomic E-state index is 0.0342. The van der Waals surface area contributed by atoms with Crippen LogP contribution in [-0.4, -0.2) is 23.3 Å². The molecule has 0 unspecified atom stereocenters. The maximum atomic E-state index is 12.9. The molecule has 0 heterocycles. The molecule has 0 spiro atoms. The Morgan fingerprint density at radius 2 is 1.93 bits per heavy atom. The van der Waals surface area contributed by atoms with Crippen molar-refractivity contribution in [3.05, 3.63) is 81.4 Å². The van der Waals surface area contributed by atoms with Crippen molar-refractivity contribution in [1.82, 2.24) is 0 Å². The lowest BCUT2D eigenvalue weighted by atomic mass is 9.73. The van der Waals surface area contributed by atoms with Gasteiger partial charge in [0, 0.05) is 18.1 Å². The van der Waals surface area contributed by atoms with Crippen LogP contribution in [0.15, 0.2) is 54.6 Å². The van der Waals surface area contributed by atoms with Crippen molar-refractivity contribution in [1.29, 1.82) is 0 Å². The normalized spacial score (nSPS) is 19.1. The van der Waals surface area contributed by atoms with E-state index < -0.39 is 22.7 Å². The van der Waals surface area contributed by atoms with Crippen molar-refractivity contribution < 1.29 is 19.2 Å². The Bertz CT molecular complexity index is 946. The Morgan fingerprint density at radius 1 is 1.21 bits per heavy atom. The highest BCUT2D eigenvalue weighted by molar-refractivity contribution is 6.10. The second kappa shape index (κ2) is 8.17. The number of hydrogen-bond donors (Lipinski definition) is 0. The molecule has 3 rings (SSSR count). The molecule has 0 radical (unpaired) electrons. The van der Waals surface area contributed by atoms with Gasteiger partial charge in [-0.05, 0) is 43.0 Å². The number of allylic oxidation sites excluding steroid dienone is 2. The number of benzene rings is 2. The summed E-state index contributed by atoms with van der Waals surface area (Å²) in [5.41, 5.74) is 3.52. The molecule has 2 aromatic carbocycles. The van der Waals surface area contributed by atoms with Gasteiger partial charge in [-0.2, -0.15) is 0 Å². The number of esters is 1. The quantitative estimate of drug-likeness (QED) is 0.336. The van der Waals surface area contributed by atoms with Crippen molar-refractivity contribution in [2.75, 3.05) is 6.61 Å². The van der Waals surface area contributed by atoms with Crippen molar-refractivity contribution in [3.63, 3.8) is 0 Å². The summed E-state index contributed by atoms with van der Waals surface area (Å²) in [5.74, 6) is -2.25. The zero-order chi connectivity index (χ0) is 20.3. The summed E-state index contributed by atoms with van der Waals surface area (Å²) < 4.78 is 5.13. The van der Waals surface area contributed by atoms with E-state index in [4.69, 9.17) is 4.74 Å². The predicted octanol–water partition coefficient (Wildman–Crippen LogP) is 4.22. The Labute approximate surface area is 163 Å². The van der Waals surface area contributed by atoms with E-state index in [-0.39, 0.29) is 18.1 Å². The SMILES string of the molecule is CCOC(=O)[C@@H]1C(=O)C=C(c2cccc(C)c2)C[C@H]1c1ccc([N+](=O)[O-])cc1. The smallest absolute Gasteiger partial charge is 0.317 e. The fourth-order valence-corrected chi connectivity index (χ4v) is 3.59. The molecule has 2 aromatic rings. The largest absolute Gasteiger partial charge is 0.465 e. The number of rotatable bonds is 5. The van der Waals surface area contributed by atoms with Crippen LogP contribution in [0.25, 0.3) is 5.57 Å². The minimum atomic E-state index is -0.949. The number of nitro benzene ring substituents is 1. The number of nitro groups is 1. The van der Waals surface area contributed by atoms with Crippen LogP contribution in [0.3, 0.4) is 0 Å². The van der Waals surface area contributed by atoms with E-state index in [1.165, 1.54) is 18.2 Å². The molecule has 0 bridgehead atoms. The van der Waals surface area contributed by atoms with Crippen LogP contribution in [0, 0.1) is 23.0 Å². The Morgan fingerprint density at radius 3 is 2.54 bits per heavy atom. The summed E-state index contributed by atoms with van der Waals surface area (Å²) in [6.45, 7) is 3.86. The second-order valence-corrected chi connectivity index (χ2v) is 6.83. The number of non-ortho nitro benzene ring substituents is 1. The average molecular weight is 379 g/mol. The fourth-order valence-electron chi connectivity index (χ4n) is 3.59. The first-order valence-electron chi connectivity index (χ1n) is 9.13. The summed E-state index contributed by atoms with van der Waals surface area (Å²) >= 11 is 0. The van der Waals surface area contributed by atoms with Gasteiger partial charge < -0.3 is 4.74 Å². The number of ketones is 1. The third-order valence-electron chi connectivity index (χ3n) is 4.93. The second-order valence-electron chi connectivity index (χ2n) is 6.83. The average Bonchev–Trinajstić information content (AvgIpc) is 2.67. The van der Waals surface area contributed by atoms with Crippen molar-refractivity contribution in [3.8, 4) is 0 Å². The monoisotopic (exact) mass is 379 g/mol. The molecule has 6 heteroatoms. The van der Waals surface area contributed by atoms with Gasteiger partial charge in [0.25, 0.3) is 5.69 Å². The summed E-state index contributed by atoms with van der Waals surface area (Å²) in [5, 5.41) is 10.9. The van der Waals surface area contributed by atoms with Gasteiger partial charge in [0.15, 0.2) is 5.78 Å². The van der Waals surface area contributed by atoms with Crippen LogP contribution < -0.4 is 0 Å². The van der Waals surface area contributed by atoms with E-state index in [1.807, 2.05) is 31.2 Å². The van der Waals surface area contributed by atoms with Gasteiger partial charge in [0.2, 0.25) is 0 Å². The highest BCUT2D eigenvalue weighted by Gasteiger charge is 2.39. The number of ether oxygens (including phenoxy) is 1. The zero-order valence-electron chi connectivity index (χ0n) is 15.8. The van der Waals surface area contributed by atoms with E-state index >= 15 is 0 Å². The number of hydrogen-bond acceptors (Lipinski definition) is 5. The van der Waals surface area contributed by atoms with E-state index in [9.17, 15) is 19.7 Å². The van der Waals surface area contributed by atoms with E-state index in [0.717, 1.165) is 16.7 Å². The summed E-state index contributed by atoms with van der Waals surface area (Å²) in [4.78, 5) is 35.8. The maximum absolute atomic E-state index is 12.9. The number of carbonyl (C=O) groups is 2. The Hall–Kier alpha value is -3.28. The molecule has 0 amide bonds. The first kappa shape index (κ1) is 19.5. The minimum Gasteiger partial charge on any atom is -0.465 e. The molecule has 28 heavy (non-hydrogen) atoms. The van der Waals surface area contributed by atoms with Crippen LogP contribution >= 0.6 is 0 Å². The lowest BCUT2D eigenvalue weighted by Crippen LogP contribution is -2.34. The number of carbonyl (C=O) groups excluding carboxylic acids is 2. The summed E-state index contributed by atoms with van der Waals surface area (Å²) in [7, 11) is 0. The molecule has 0 saturated carbocycles. The molecule has 0 aromatic heterocycles. The Kier molecular flexibility index (Phi) is 5.68. The molecule has 0 aliphatic heterocycles. The molecule has 1 aliphatic rings. The standard InChI is InChI=1S/C22H21NO5/c1-3-28-22(25)21-19(15-7-9-18(10-8-15)23(26)27)12-17(13-20(21)24)16-6-4-5-14(2)11-16/h4-11,13,19,21H,3,12H2,1-2H3/t19-,21-/m0/s1. The molecule has 0 N–H and O–H groups in total. The molecule has 1 aliphatic carbocycles. The van der Waals surface area contributed by atoms with E-state index in [2.05, 4.69) is 0 Å². The van der Waals surface area contributed by atoms with E-state index in [1.54, 1.807) is 19.1 Å². The van der Waals surface area contributed by atoms with Crippen molar-refractivity contribution >= 4 is 23.0 Å². The van der Waals surface area contributed by atoms with Gasteiger partial charge in [0.1, 0.15) is 5.92 Å². The van der Waals surface area contributed by atoms with Crippen LogP contribution in [0.5, 0.6) is 0 Å². The van der Waals surface area contributed by atoms with Crippen LogP contribution in [0.4, 0.5) is 5.69 Å². The zero-order valence-corrected chi connectivity index (χ0v) is 15.8. The van der Waals surface area contributed by atoms with Gasteiger partial charge >= 0.3 is 5.97 Å². The van der Waals surface area contributed by atoms with Crippen molar-refractivity contribution in [2.24, 2.45) is 5.92 Å². The molecule has 0 fully saturated rings. The van der Waals surface area contributed by atoms with Gasteiger partial charge in [-0.15, -0.1) is 0 Å².